The molecule has 1 aliphatic heterocycles. The largest absolute Gasteiger partial charge is 0.465 e. The van der Waals surface area contributed by atoms with Crippen LogP contribution in [0.5, 0.6) is 0 Å². The molecule has 1 N–H and O–H groups in total. The Morgan fingerprint density at radius 1 is 1.60 bits per heavy atom. The number of allylic oxidation sites excluding steroid dienone is 1. The molecule has 0 spiro atoms. The number of rotatable bonds is 2. The molecule has 0 aromatic carbocycles. The van der Waals surface area contributed by atoms with Crippen molar-refractivity contribution in [3.05, 3.63) is 23.3 Å². The molecule has 82 valence electrons. The van der Waals surface area contributed by atoms with E-state index in [0.29, 0.717) is 6.61 Å². The number of hydrogen-bond donors (Lipinski definition) is 1. The number of esters is 1. The predicted molar refractivity (Wildman–Crippen MR) is 58.4 cm³/mol. The molecule has 3 nitrogen and oxygen atoms in total. The Bertz CT molecular complexity index is 318. The van der Waals surface area contributed by atoms with Crippen molar-refractivity contribution < 1.29 is 9.53 Å². The summed E-state index contributed by atoms with van der Waals surface area (Å²) in [6.45, 7) is 3.17. The Hall–Kier alpha value is -1.09. The van der Waals surface area contributed by atoms with Gasteiger partial charge in [0.25, 0.3) is 0 Å². The van der Waals surface area contributed by atoms with Crippen molar-refractivity contribution in [2.24, 2.45) is 0 Å². The van der Waals surface area contributed by atoms with E-state index < -0.39 is 0 Å². The summed E-state index contributed by atoms with van der Waals surface area (Å²) in [5.41, 5.74) is 2.57. The fourth-order valence-corrected chi connectivity index (χ4v) is 2.21. The van der Waals surface area contributed by atoms with Gasteiger partial charge in [0.05, 0.1) is 6.61 Å². The molecule has 0 fully saturated rings. The van der Waals surface area contributed by atoms with Gasteiger partial charge in [0.15, 0.2) is 0 Å². The van der Waals surface area contributed by atoms with E-state index in [0.717, 1.165) is 31.4 Å². The molecule has 2 aliphatic rings. The van der Waals surface area contributed by atoms with E-state index in [9.17, 15) is 4.79 Å². The van der Waals surface area contributed by atoms with Gasteiger partial charge in [-0.15, -0.1) is 0 Å². The lowest BCUT2D eigenvalue weighted by atomic mass is 9.88. The molecule has 0 bridgehead atoms. The topological polar surface area (TPSA) is 38.3 Å². The van der Waals surface area contributed by atoms with Crippen LogP contribution >= 0.6 is 0 Å². The highest BCUT2D eigenvalue weighted by Crippen LogP contribution is 2.27. The highest BCUT2D eigenvalue weighted by atomic mass is 16.5. The van der Waals surface area contributed by atoms with Crippen LogP contribution in [0.15, 0.2) is 23.3 Å². The monoisotopic (exact) mass is 207 g/mol. The van der Waals surface area contributed by atoms with Crippen LogP contribution in [0.25, 0.3) is 0 Å². The second-order valence-corrected chi connectivity index (χ2v) is 3.89. The standard InChI is InChI=1S/C12H17NO2/c1-2-15-12(14)11-10-6-4-3-5-9(10)7-8-13-11/h4,6,11,13H,2-3,5,7-8H2,1H3. The molecule has 1 aliphatic carbocycles. The number of ether oxygens (including phenoxy) is 1. The van der Waals surface area contributed by atoms with Crippen LogP contribution in [-0.4, -0.2) is 25.2 Å². The fourth-order valence-electron chi connectivity index (χ4n) is 2.21. The van der Waals surface area contributed by atoms with Crippen LogP contribution in [-0.2, 0) is 9.53 Å². The normalized spacial score (nSPS) is 25.0. The van der Waals surface area contributed by atoms with Gasteiger partial charge < -0.3 is 10.1 Å². The number of nitrogens with one attached hydrogen (secondary N) is 1. The molecule has 0 radical (unpaired) electrons. The lowest BCUT2D eigenvalue weighted by Crippen LogP contribution is -2.43. The quantitative estimate of drug-likeness (QED) is 0.698. The van der Waals surface area contributed by atoms with E-state index >= 15 is 0 Å². The maximum Gasteiger partial charge on any atom is 0.327 e. The molecule has 1 atom stereocenters. The van der Waals surface area contributed by atoms with Crippen molar-refractivity contribution in [2.75, 3.05) is 13.2 Å². The molecule has 0 aromatic rings. The first kappa shape index (κ1) is 10.4. The predicted octanol–water partition coefficient (Wildman–Crippen LogP) is 1.56. The number of carbonyl (C=O) groups is 1. The number of carbonyl (C=O) groups excluding carboxylic acids is 1. The highest BCUT2D eigenvalue weighted by Gasteiger charge is 2.28. The third-order valence-electron chi connectivity index (χ3n) is 2.93. The van der Waals surface area contributed by atoms with Gasteiger partial charge in [-0.1, -0.05) is 17.7 Å². The SMILES string of the molecule is CCOC(=O)C1NCCC2=C1C=CCC2. The van der Waals surface area contributed by atoms with Gasteiger partial charge in [0, 0.05) is 0 Å². The smallest absolute Gasteiger partial charge is 0.327 e. The van der Waals surface area contributed by atoms with Crippen LogP contribution in [0.1, 0.15) is 26.2 Å². The van der Waals surface area contributed by atoms with E-state index in [1.807, 2.05) is 6.92 Å². The summed E-state index contributed by atoms with van der Waals surface area (Å²) in [5, 5.41) is 3.22. The summed E-state index contributed by atoms with van der Waals surface area (Å²) in [6.07, 6.45) is 7.48. The van der Waals surface area contributed by atoms with E-state index in [4.69, 9.17) is 4.74 Å². The van der Waals surface area contributed by atoms with Gasteiger partial charge in [0.1, 0.15) is 6.04 Å². The zero-order chi connectivity index (χ0) is 10.7. The first-order chi connectivity index (χ1) is 7.33. The van der Waals surface area contributed by atoms with Gasteiger partial charge in [-0.05, 0) is 38.3 Å². The third kappa shape index (κ3) is 2.12. The van der Waals surface area contributed by atoms with Gasteiger partial charge in [-0.2, -0.15) is 0 Å². The third-order valence-corrected chi connectivity index (χ3v) is 2.93. The van der Waals surface area contributed by atoms with Crippen molar-refractivity contribution in [1.82, 2.24) is 5.32 Å². The Kier molecular flexibility index (Phi) is 3.21. The second kappa shape index (κ2) is 4.62. The Morgan fingerprint density at radius 3 is 3.27 bits per heavy atom. The molecule has 3 heteroatoms. The lowest BCUT2D eigenvalue weighted by Gasteiger charge is -2.28. The first-order valence-corrected chi connectivity index (χ1v) is 5.61. The molecular formula is C12H17NO2. The molecule has 0 amide bonds. The lowest BCUT2D eigenvalue weighted by molar-refractivity contribution is -0.144. The summed E-state index contributed by atoms with van der Waals surface area (Å²) in [5.74, 6) is -0.142. The highest BCUT2D eigenvalue weighted by molar-refractivity contribution is 5.81. The Morgan fingerprint density at radius 2 is 2.47 bits per heavy atom. The van der Waals surface area contributed by atoms with Crippen LogP contribution in [0.2, 0.25) is 0 Å². The van der Waals surface area contributed by atoms with Gasteiger partial charge in [-0.3, -0.25) is 0 Å². The molecule has 0 saturated carbocycles. The molecule has 0 saturated heterocycles. The minimum atomic E-state index is -0.231. The van der Waals surface area contributed by atoms with E-state index in [-0.39, 0.29) is 12.0 Å². The first-order valence-electron chi connectivity index (χ1n) is 5.61. The van der Waals surface area contributed by atoms with E-state index in [1.165, 1.54) is 5.57 Å². The summed E-state index contributed by atoms with van der Waals surface area (Å²) in [4.78, 5) is 11.7. The Balaban J connectivity index is 2.18. The van der Waals surface area contributed by atoms with Crippen molar-refractivity contribution in [3.63, 3.8) is 0 Å². The van der Waals surface area contributed by atoms with Crippen molar-refractivity contribution in [1.29, 1.82) is 0 Å². The van der Waals surface area contributed by atoms with Crippen LogP contribution < -0.4 is 5.32 Å². The van der Waals surface area contributed by atoms with E-state index in [2.05, 4.69) is 17.5 Å². The van der Waals surface area contributed by atoms with Crippen LogP contribution in [0.4, 0.5) is 0 Å². The Labute approximate surface area is 90.2 Å². The molecule has 0 aromatic heterocycles. The zero-order valence-corrected chi connectivity index (χ0v) is 9.08. The summed E-state index contributed by atoms with van der Waals surface area (Å²) in [6, 6.07) is -0.231. The maximum absolute atomic E-state index is 11.7. The van der Waals surface area contributed by atoms with Crippen molar-refractivity contribution in [3.8, 4) is 0 Å². The fraction of sp³-hybridized carbons (Fsp3) is 0.583. The number of hydrogen-bond acceptors (Lipinski definition) is 3. The van der Waals surface area contributed by atoms with Crippen LogP contribution in [0.3, 0.4) is 0 Å². The summed E-state index contributed by atoms with van der Waals surface area (Å²) < 4.78 is 5.06. The molecule has 15 heavy (non-hydrogen) atoms. The average Bonchev–Trinajstić information content (AvgIpc) is 2.28. The van der Waals surface area contributed by atoms with Gasteiger partial charge in [0.2, 0.25) is 0 Å². The van der Waals surface area contributed by atoms with Crippen molar-refractivity contribution in [2.45, 2.75) is 32.2 Å². The molecule has 1 unspecified atom stereocenters. The van der Waals surface area contributed by atoms with Gasteiger partial charge >= 0.3 is 5.97 Å². The zero-order valence-electron chi connectivity index (χ0n) is 9.08. The maximum atomic E-state index is 11.7. The van der Waals surface area contributed by atoms with Crippen molar-refractivity contribution >= 4 is 5.97 Å². The summed E-state index contributed by atoms with van der Waals surface area (Å²) in [7, 11) is 0. The summed E-state index contributed by atoms with van der Waals surface area (Å²) >= 11 is 0. The average molecular weight is 207 g/mol. The minimum absolute atomic E-state index is 0.142. The minimum Gasteiger partial charge on any atom is -0.465 e. The molecular weight excluding hydrogens is 190 g/mol. The molecule has 1 heterocycles. The van der Waals surface area contributed by atoms with Gasteiger partial charge in [-0.25, -0.2) is 4.79 Å². The van der Waals surface area contributed by atoms with Crippen LogP contribution in [0, 0.1) is 0 Å². The second-order valence-electron chi connectivity index (χ2n) is 3.89. The molecule has 2 rings (SSSR count). The van der Waals surface area contributed by atoms with E-state index in [1.54, 1.807) is 0 Å².